The maximum Gasteiger partial charge on any atom is 0.0937 e. The van der Waals surface area contributed by atoms with Gasteiger partial charge in [-0.15, -0.1) is 0 Å². The first-order chi connectivity index (χ1) is 7.40. The minimum absolute atomic E-state index is 0.704. The molecule has 1 fully saturated rings. The van der Waals surface area contributed by atoms with E-state index in [-0.39, 0.29) is 0 Å². The first kappa shape index (κ1) is 10.7. The van der Waals surface area contributed by atoms with E-state index in [0.29, 0.717) is 12.0 Å². The van der Waals surface area contributed by atoms with E-state index < -0.39 is 0 Å². The normalized spacial score (nSPS) is 27.5. The van der Waals surface area contributed by atoms with E-state index in [4.69, 9.17) is 4.42 Å². The topological polar surface area (TPSA) is 25.2 Å². The highest BCUT2D eigenvalue weighted by atomic mass is 16.3. The zero-order chi connectivity index (χ0) is 10.5. The van der Waals surface area contributed by atoms with Gasteiger partial charge in [-0.2, -0.15) is 0 Å². The van der Waals surface area contributed by atoms with Crippen molar-refractivity contribution in [2.75, 3.05) is 6.54 Å². The first-order valence-electron chi connectivity index (χ1n) is 6.15. The van der Waals surface area contributed by atoms with Crippen molar-refractivity contribution in [3.05, 3.63) is 24.2 Å². The van der Waals surface area contributed by atoms with Crippen LogP contribution in [0.1, 0.15) is 50.5 Å². The van der Waals surface area contributed by atoms with Crippen molar-refractivity contribution in [1.82, 2.24) is 5.32 Å². The van der Waals surface area contributed by atoms with Crippen molar-refractivity contribution < 1.29 is 4.42 Å². The molecule has 15 heavy (non-hydrogen) atoms. The summed E-state index contributed by atoms with van der Waals surface area (Å²) in [5.74, 6) is 0.704. The number of rotatable bonds is 3. The summed E-state index contributed by atoms with van der Waals surface area (Å²) < 4.78 is 5.18. The quantitative estimate of drug-likeness (QED) is 0.769. The summed E-state index contributed by atoms with van der Waals surface area (Å²) in [6, 6.07) is 2.83. The van der Waals surface area contributed by atoms with Crippen LogP contribution < -0.4 is 5.32 Å². The monoisotopic (exact) mass is 207 g/mol. The lowest BCUT2D eigenvalue weighted by Crippen LogP contribution is -2.29. The molecule has 0 spiro atoms. The van der Waals surface area contributed by atoms with E-state index in [2.05, 4.69) is 18.3 Å². The lowest BCUT2D eigenvalue weighted by atomic mass is 9.92. The van der Waals surface area contributed by atoms with Crippen LogP contribution in [-0.2, 0) is 0 Å². The van der Waals surface area contributed by atoms with Gasteiger partial charge in [0, 0.05) is 6.04 Å². The Morgan fingerprint density at radius 1 is 1.40 bits per heavy atom. The second kappa shape index (κ2) is 5.36. The standard InChI is InChI=1S/C13H21NO/c1-2-14-13-6-4-3-5-11(9-13)12-7-8-15-10-12/h7-8,10-11,13-14H,2-6,9H2,1H3. The molecule has 2 rings (SSSR count). The van der Waals surface area contributed by atoms with E-state index in [1.54, 1.807) is 6.26 Å². The molecule has 1 saturated carbocycles. The predicted octanol–water partition coefficient (Wildman–Crippen LogP) is 3.31. The van der Waals surface area contributed by atoms with Gasteiger partial charge in [0.1, 0.15) is 0 Å². The van der Waals surface area contributed by atoms with E-state index in [9.17, 15) is 0 Å². The lowest BCUT2D eigenvalue weighted by Gasteiger charge is -2.19. The largest absolute Gasteiger partial charge is 0.472 e. The third-order valence-corrected chi connectivity index (χ3v) is 3.43. The summed E-state index contributed by atoms with van der Waals surface area (Å²) >= 11 is 0. The SMILES string of the molecule is CCNC1CCCCC(c2ccoc2)C1. The Morgan fingerprint density at radius 2 is 2.27 bits per heavy atom. The van der Waals surface area contributed by atoms with Crippen LogP contribution in [-0.4, -0.2) is 12.6 Å². The van der Waals surface area contributed by atoms with Gasteiger partial charge in [-0.3, -0.25) is 0 Å². The second-order valence-corrected chi connectivity index (χ2v) is 4.53. The summed E-state index contributed by atoms with van der Waals surface area (Å²) in [4.78, 5) is 0. The molecule has 1 aromatic heterocycles. The third kappa shape index (κ3) is 2.85. The van der Waals surface area contributed by atoms with E-state index >= 15 is 0 Å². The van der Waals surface area contributed by atoms with E-state index in [0.717, 1.165) is 6.54 Å². The van der Waals surface area contributed by atoms with Crippen LogP contribution in [0.2, 0.25) is 0 Å². The Hall–Kier alpha value is -0.760. The Kier molecular flexibility index (Phi) is 3.84. The summed E-state index contributed by atoms with van der Waals surface area (Å²) in [6.45, 7) is 3.28. The average Bonchev–Trinajstić information content (AvgIpc) is 2.67. The maximum absolute atomic E-state index is 5.18. The summed E-state index contributed by atoms with van der Waals surface area (Å²) in [7, 11) is 0. The molecule has 2 heteroatoms. The van der Waals surface area contributed by atoms with Crippen LogP contribution in [0.15, 0.2) is 23.0 Å². The molecule has 0 amide bonds. The molecule has 1 aromatic rings. The number of hydrogen-bond donors (Lipinski definition) is 1. The van der Waals surface area contributed by atoms with Gasteiger partial charge in [-0.05, 0) is 43.4 Å². The highest BCUT2D eigenvalue weighted by Gasteiger charge is 2.21. The smallest absolute Gasteiger partial charge is 0.0937 e. The minimum atomic E-state index is 0.704. The Bertz CT molecular complexity index is 268. The van der Waals surface area contributed by atoms with Gasteiger partial charge >= 0.3 is 0 Å². The number of hydrogen-bond acceptors (Lipinski definition) is 2. The number of nitrogens with one attached hydrogen (secondary N) is 1. The highest BCUT2D eigenvalue weighted by molar-refractivity contribution is 5.13. The van der Waals surface area contributed by atoms with E-state index in [1.165, 1.54) is 37.7 Å². The maximum atomic E-state index is 5.18. The van der Waals surface area contributed by atoms with Gasteiger partial charge in [0.05, 0.1) is 12.5 Å². The van der Waals surface area contributed by atoms with Gasteiger partial charge in [0.2, 0.25) is 0 Å². The second-order valence-electron chi connectivity index (χ2n) is 4.53. The first-order valence-corrected chi connectivity index (χ1v) is 6.15. The fraction of sp³-hybridized carbons (Fsp3) is 0.692. The average molecular weight is 207 g/mol. The van der Waals surface area contributed by atoms with Crippen LogP contribution in [0.3, 0.4) is 0 Å². The molecule has 0 radical (unpaired) electrons. The molecule has 0 bridgehead atoms. The fourth-order valence-electron chi connectivity index (χ4n) is 2.64. The zero-order valence-electron chi connectivity index (χ0n) is 9.54. The molecule has 0 saturated heterocycles. The zero-order valence-corrected chi connectivity index (χ0v) is 9.54. The third-order valence-electron chi connectivity index (χ3n) is 3.43. The van der Waals surface area contributed by atoms with Crippen molar-refractivity contribution in [3.63, 3.8) is 0 Å². The molecule has 0 aliphatic heterocycles. The molecule has 84 valence electrons. The number of furan rings is 1. The van der Waals surface area contributed by atoms with Crippen molar-refractivity contribution in [2.24, 2.45) is 0 Å². The van der Waals surface area contributed by atoms with Crippen molar-refractivity contribution in [1.29, 1.82) is 0 Å². The van der Waals surface area contributed by atoms with Gasteiger partial charge in [-0.25, -0.2) is 0 Å². The van der Waals surface area contributed by atoms with Crippen molar-refractivity contribution >= 4 is 0 Å². The minimum Gasteiger partial charge on any atom is -0.472 e. The molecule has 2 nitrogen and oxygen atoms in total. The summed E-state index contributed by atoms with van der Waals surface area (Å²) in [5, 5.41) is 3.59. The van der Waals surface area contributed by atoms with Crippen molar-refractivity contribution in [2.45, 2.75) is 51.0 Å². The van der Waals surface area contributed by atoms with Crippen molar-refractivity contribution in [3.8, 4) is 0 Å². The van der Waals surface area contributed by atoms with Crippen LogP contribution in [0.4, 0.5) is 0 Å². The summed E-state index contributed by atoms with van der Waals surface area (Å²) in [5.41, 5.74) is 1.39. The van der Waals surface area contributed by atoms with Gasteiger partial charge in [-0.1, -0.05) is 19.8 Å². The fourth-order valence-corrected chi connectivity index (χ4v) is 2.64. The molecule has 1 aliphatic rings. The van der Waals surface area contributed by atoms with Crippen LogP contribution in [0.5, 0.6) is 0 Å². The Labute approximate surface area is 92.1 Å². The Morgan fingerprint density at radius 3 is 3.00 bits per heavy atom. The lowest BCUT2D eigenvalue weighted by molar-refractivity contribution is 0.447. The van der Waals surface area contributed by atoms with Crippen LogP contribution in [0.25, 0.3) is 0 Å². The van der Waals surface area contributed by atoms with E-state index in [1.807, 2.05) is 6.26 Å². The van der Waals surface area contributed by atoms with Gasteiger partial charge in [0.15, 0.2) is 0 Å². The molecule has 1 N–H and O–H groups in total. The molecule has 1 aliphatic carbocycles. The summed E-state index contributed by atoms with van der Waals surface area (Å²) in [6.07, 6.45) is 10.4. The molecule has 1 heterocycles. The van der Waals surface area contributed by atoms with Gasteiger partial charge in [0.25, 0.3) is 0 Å². The van der Waals surface area contributed by atoms with Crippen LogP contribution in [0, 0.1) is 0 Å². The predicted molar refractivity (Wildman–Crippen MR) is 62.0 cm³/mol. The molecule has 2 unspecified atom stereocenters. The molecular weight excluding hydrogens is 186 g/mol. The van der Waals surface area contributed by atoms with Gasteiger partial charge < -0.3 is 9.73 Å². The molecular formula is C13H21NO. The highest BCUT2D eigenvalue weighted by Crippen LogP contribution is 2.31. The van der Waals surface area contributed by atoms with Crippen LogP contribution >= 0.6 is 0 Å². The molecule has 2 atom stereocenters. The molecule has 0 aromatic carbocycles. The Balaban J connectivity index is 1.99.